The molecule has 0 spiro atoms. The number of ketones is 1. The summed E-state index contributed by atoms with van der Waals surface area (Å²) < 4.78 is 25.6. The zero-order valence-corrected chi connectivity index (χ0v) is 23.6. The van der Waals surface area contributed by atoms with Crippen LogP contribution in [0.2, 0.25) is 5.02 Å². The van der Waals surface area contributed by atoms with E-state index in [0.717, 1.165) is 37.0 Å². The molecule has 0 unspecified atom stereocenters. The fourth-order valence-corrected chi connectivity index (χ4v) is 5.37. The molecule has 7 nitrogen and oxygen atoms in total. The summed E-state index contributed by atoms with van der Waals surface area (Å²) in [5.74, 6) is -0.539. The van der Waals surface area contributed by atoms with E-state index >= 15 is 0 Å². The second-order valence-corrected chi connectivity index (χ2v) is 10.4. The Balaban J connectivity index is 0.00000320. The molecule has 2 saturated carbocycles. The maximum Gasteiger partial charge on any atom is 1.00 e. The molecule has 2 aromatic heterocycles. The average molecular weight is 537 g/mol. The number of carbonyl (C=O) groups excluding carboxylic acids is 2. The normalized spacial score (nSPS) is 16.5. The van der Waals surface area contributed by atoms with Crippen LogP contribution in [-0.2, 0) is 16.0 Å². The SMILES string of the molecule is O=C([O-])CC[C@@H](CC(=O)Cc1ccc(Cl)cc1F)c1noc(-c2cc(C3CCCC3)on2)c1C1CC1.[Na+]. The monoisotopic (exact) mass is 536 g/mol. The van der Waals surface area contributed by atoms with Gasteiger partial charge in [0.1, 0.15) is 17.4 Å². The molecule has 5 rings (SSSR count). The zero-order valence-electron chi connectivity index (χ0n) is 20.8. The Morgan fingerprint density at radius 1 is 1.08 bits per heavy atom. The standard InChI is InChI=1S/C27H28ClFN2O5.Na/c28-19-9-7-17(21(29)13-19)11-20(32)12-18(8-10-24(33)34)26-25(16-5-6-16)27(36-31-26)22-14-23(35-30-22)15-3-1-2-4-15;/h7,9,13-16,18H,1-6,8,10-12H2,(H,33,34);/q;+1/p-1/t18-;/m0./s1. The molecular weight excluding hydrogens is 510 g/mol. The number of halogens is 2. The minimum Gasteiger partial charge on any atom is -0.550 e. The van der Waals surface area contributed by atoms with Crippen molar-refractivity contribution in [2.45, 2.75) is 82.0 Å². The van der Waals surface area contributed by atoms with Gasteiger partial charge in [-0.25, -0.2) is 4.39 Å². The van der Waals surface area contributed by atoms with Crippen LogP contribution in [0.5, 0.6) is 0 Å². The Morgan fingerprint density at radius 2 is 1.84 bits per heavy atom. The molecule has 0 saturated heterocycles. The summed E-state index contributed by atoms with van der Waals surface area (Å²) >= 11 is 5.82. The number of carboxylic acid groups (broad SMARTS) is 1. The van der Waals surface area contributed by atoms with E-state index in [-0.39, 0.29) is 77.5 Å². The largest absolute Gasteiger partial charge is 1.00 e. The van der Waals surface area contributed by atoms with Crippen LogP contribution in [0.1, 0.15) is 98.1 Å². The van der Waals surface area contributed by atoms with Gasteiger partial charge in [0, 0.05) is 47.3 Å². The molecule has 1 aromatic carbocycles. The third-order valence-electron chi connectivity index (χ3n) is 7.22. The number of nitrogens with zero attached hydrogens (tertiary/aromatic N) is 2. The number of hydrogen-bond donors (Lipinski definition) is 0. The van der Waals surface area contributed by atoms with E-state index in [2.05, 4.69) is 10.3 Å². The molecule has 0 N–H and O–H groups in total. The first kappa shape index (κ1) is 28.0. The molecule has 1 atom stereocenters. The number of rotatable bonds is 11. The van der Waals surface area contributed by atoms with Crippen LogP contribution in [0.3, 0.4) is 0 Å². The van der Waals surface area contributed by atoms with Crippen molar-refractivity contribution in [1.82, 2.24) is 10.3 Å². The van der Waals surface area contributed by atoms with E-state index < -0.39 is 17.7 Å². The van der Waals surface area contributed by atoms with Gasteiger partial charge in [0.25, 0.3) is 0 Å². The summed E-state index contributed by atoms with van der Waals surface area (Å²) in [7, 11) is 0. The minimum atomic E-state index is -1.20. The van der Waals surface area contributed by atoms with Crippen LogP contribution in [0.4, 0.5) is 4.39 Å². The average Bonchev–Trinajstić information content (AvgIpc) is 3.22. The molecule has 37 heavy (non-hydrogen) atoms. The summed E-state index contributed by atoms with van der Waals surface area (Å²) in [6.07, 6.45) is 6.22. The zero-order chi connectivity index (χ0) is 25.2. The van der Waals surface area contributed by atoms with Crippen molar-refractivity contribution in [3.8, 4) is 11.5 Å². The number of carbonyl (C=O) groups is 2. The predicted molar refractivity (Wildman–Crippen MR) is 127 cm³/mol. The van der Waals surface area contributed by atoms with Gasteiger partial charge in [-0.15, -0.1) is 0 Å². The molecular formula is C27H27ClFN2NaO5. The number of hydrogen-bond acceptors (Lipinski definition) is 7. The maximum absolute atomic E-state index is 14.2. The predicted octanol–water partition coefficient (Wildman–Crippen LogP) is 2.48. The second kappa shape index (κ2) is 12.2. The first-order valence-corrected chi connectivity index (χ1v) is 12.9. The molecule has 10 heteroatoms. The van der Waals surface area contributed by atoms with Crippen molar-refractivity contribution >= 4 is 23.4 Å². The Kier molecular flexibility index (Phi) is 9.27. The Bertz CT molecular complexity index is 1270. The number of carboxylic acids is 1. The van der Waals surface area contributed by atoms with Crippen LogP contribution < -0.4 is 34.7 Å². The molecule has 2 aliphatic carbocycles. The van der Waals surface area contributed by atoms with E-state index in [1.807, 2.05) is 6.07 Å². The van der Waals surface area contributed by atoms with Crippen molar-refractivity contribution in [3.63, 3.8) is 0 Å². The van der Waals surface area contributed by atoms with Gasteiger partial charge in [-0.1, -0.05) is 40.8 Å². The first-order chi connectivity index (χ1) is 17.4. The summed E-state index contributed by atoms with van der Waals surface area (Å²) in [6.45, 7) is 0. The van der Waals surface area contributed by atoms with Crippen molar-refractivity contribution in [3.05, 3.63) is 57.7 Å². The van der Waals surface area contributed by atoms with E-state index in [1.165, 1.54) is 31.0 Å². The van der Waals surface area contributed by atoms with Crippen molar-refractivity contribution in [1.29, 1.82) is 0 Å². The summed E-state index contributed by atoms with van der Waals surface area (Å²) in [6, 6.07) is 6.11. The van der Waals surface area contributed by atoms with E-state index in [1.54, 1.807) is 0 Å². The van der Waals surface area contributed by atoms with Gasteiger partial charge in [-0.3, -0.25) is 4.79 Å². The van der Waals surface area contributed by atoms with E-state index in [0.29, 0.717) is 23.1 Å². The fourth-order valence-electron chi connectivity index (χ4n) is 5.21. The molecule has 0 aliphatic heterocycles. The van der Waals surface area contributed by atoms with Gasteiger partial charge in [0.15, 0.2) is 11.5 Å². The van der Waals surface area contributed by atoms with Crippen LogP contribution >= 0.6 is 11.6 Å². The van der Waals surface area contributed by atoms with Gasteiger partial charge in [-0.2, -0.15) is 0 Å². The van der Waals surface area contributed by atoms with Crippen LogP contribution in [0.15, 0.2) is 33.3 Å². The number of benzene rings is 1. The number of aliphatic carboxylic acids is 1. The quantitative estimate of drug-likeness (QED) is 0.346. The first-order valence-electron chi connectivity index (χ1n) is 12.5. The molecule has 190 valence electrons. The summed E-state index contributed by atoms with van der Waals surface area (Å²) in [4.78, 5) is 24.2. The van der Waals surface area contributed by atoms with Crippen molar-refractivity contribution in [2.75, 3.05) is 0 Å². The molecule has 2 aliphatic rings. The molecule has 3 aromatic rings. The van der Waals surface area contributed by atoms with E-state index in [4.69, 9.17) is 20.6 Å². The molecule has 2 heterocycles. The molecule has 0 bridgehead atoms. The minimum absolute atomic E-state index is 0. The molecule has 0 radical (unpaired) electrons. The number of aromatic nitrogens is 2. The van der Waals surface area contributed by atoms with Crippen LogP contribution in [0.25, 0.3) is 11.5 Å². The van der Waals surface area contributed by atoms with Gasteiger partial charge in [0.05, 0.1) is 5.69 Å². The van der Waals surface area contributed by atoms with Crippen molar-refractivity contribution < 1.29 is 57.7 Å². The second-order valence-electron chi connectivity index (χ2n) is 9.94. The van der Waals surface area contributed by atoms with Crippen LogP contribution in [0, 0.1) is 5.82 Å². The van der Waals surface area contributed by atoms with Gasteiger partial charge in [0.2, 0.25) is 0 Å². The summed E-state index contributed by atoms with van der Waals surface area (Å²) in [5, 5.41) is 20.1. The topological polar surface area (TPSA) is 109 Å². The summed E-state index contributed by atoms with van der Waals surface area (Å²) in [5.41, 5.74) is 2.26. The van der Waals surface area contributed by atoms with Crippen LogP contribution in [-0.4, -0.2) is 22.1 Å². The third-order valence-corrected chi connectivity index (χ3v) is 7.46. The smallest absolute Gasteiger partial charge is 0.550 e. The van der Waals surface area contributed by atoms with Gasteiger partial charge >= 0.3 is 29.6 Å². The maximum atomic E-state index is 14.2. The van der Waals surface area contributed by atoms with Crippen molar-refractivity contribution in [2.24, 2.45) is 0 Å². The Morgan fingerprint density at radius 3 is 2.51 bits per heavy atom. The van der Waals surface area contributed by atoms with Gasteiger partial charge < -0.3 is 18.9 Å². The Labute approximate surface area is 241 Å². The Hall–Kier alpha value is -2.00. The van der Waals surface area contributed by atoms with E-state index in [9.17, 15) is 19.1 Å². The molecule has 2 fully saturated rings. The fraction of sp³-hybridized carbons (Fsp3) is 0.481. The molecule has 0 amide bonds. The van der Waals surface area contributed by atoms with Gasteiger partial charge in [-0.05, 0) is 62.1 Å². The third kappa shape index (κ3) is 6.72. The number of Topliss-reactive ketones (excluding diaryl/α,β-unsaturated/α-hetero) is 1.